The van der Waals surface area contributed by atoms with Crippen LogP contribution in [-0.2, 0) is 6.54 Å². The number of ether oxygens (including phenoxy) is 2. The molecule has 0 aliphatic carbocycles. The molecule has 5 heteroatoms. The fraction of sp³-hybridized carbons (Fsp3) is 0.480. The molecule has 4 rings (SSSR count). The van der Waals surface area contributed by atoms with Gasteiger partial charge in [-0.1, -0.05) is 25.1 Å². The van der Waals surface area contributed by atoms with Crippen LogP contribution in [0.3, 0.4) is 0 Å². The lowest BCUT2D eigenvalue weighted by Gasteiger charge is -2.25. The number of likely N-dealkylation sites (tertiary alicyclic amines) is 1. The second-order valence-corrected chi connectivity index (χ2v) is 8.37. The molecule has 0 aromatic heterocycles. The normalized spacial score (nSPS) is 21.6. The first kappa shape index (κ1) is 20.7. The zero-order chi connectivity index (χ0) is 20.9. The quantitative estimate of drug-likeness (QED) is 0.745. The highest BCUT2D eigenvalue weighted by atomic mass is 16.5. The average molecular weight is 409 g/mol. The minimum atomic E-state index is -0.00349. The van der Waals surface area contributed by atoms with E-state index in [4.69, 9.17) is 9.47 Å². The van der Waals surface area contributed by atoms with Gasteiger partial charge in [0.15, 0.2) is 0 Å². The molecule has 160 valence electrons. The Hall–Kier alpha value is -2.53. The predicted molar refractivity (Wildman–Crippen MR) is 118 cm³/mol. The van der Waals surface area contributed by atoms with Gasteiger partial charge in [-0.25, -0.2) is 0 Å². The number of benzene rings is 2. The molecule has 2 atom stereocenters. The van der Waals surface area contributed by atoms with Crippen LogP contribution in [0.15, 0.2) is 42.5 Å². The molecule has 1 fully saturated rings. The van der Waals surface area contributed by atoms with E-state index in [1.807, 2.05) is 18.2 Å². The Morgan fingerprint density at radius 1 is 1.07 bits per heavy atom. The summed E-state index contributed by atoms with van der Waals surface area (Å²) in [6.07, 6.45) is 3.43. The van der Waals surface area contributed by atoms with E-state index in [1.54, 1.807) is 7.11 Å². The lowest BCUT2D eigenvalue weighted by molar-refractivity contribution is 0.0965. The van der Waals surface area contributed by atoms with Crippen LogP contribution in [0.5, 0.6) is 11.5 Å². The fourth-order valence-electron chi connectivity index (χ4n) is 4.73. The zero-order valence-corrected chi connectivity index (χ0v) is 18.0. The molecular formula is C25H32N2O3. The molecule has 0 bridgehead atoms. The van der Waals surface area contributed by atoms with Gasteiger partial charge in [-0.15, -0.1) is 0 Å². The summed E-state index contributed by atoms with van der Waals surface area (Å²) < 4.78 is 11.6. The molecule has 2 aromatic rings. The highest BCUT2D eigenvalue weighted by Crippen LogP contribution is 2.35. The summed E-state index contributed by atoms with van der Waals surface area (Å²) in [5.74, 6) is 2.56. The number of nitrogens with one attached hydrogen (secondary N) is 1. The summed E-state index contributed by atoms with van der Waals surface area (Å²) in [6, 6.07) is 14.4. The van der Waals surface area contributed by atoms with Gasteiger partial charge >= 0.3 is 0 Å². The third-order valence-corrected chi connectivity index (χ3v) is 6.45. The molecule has 30 heavy (non-hydrogen) atoms. The van der Waals surface area contributed by atoms with E-state index in [0.29, 0.717) is 25.0 Å². The van der Waals surface area contributed by atoms with Crippen molar-refractivity contribution in [2.45, 2.75) is 38.6 Å². The topological polar surface area (TPSA) is 50.8 Å². The number of rotatable bonds is 7. The second-order valence-electron chi connectivity index (χ2n) is 8.37. The summed E-state index contributed by atoms with van der Waals surface area (Å²) in [7, 11) is 1.71. The Balaban J connectivity index is 1.49. The molecule has 1 N–H and O–H groups in total. The molecule has 1 saturated heterocycles. The monoisotopic (exact) mass is 408 g/mol. The fourth-order valence-corrected chi connectivity index (χ4v) is 4.73. The zero-order valence-electron chi connectivity index (χ0n) is 18.0. The lowest BCUT2D eigenvalue weighted by atomic mass is 9.83. The lowest BCUT2D eigenvalue weighted by Crippen LogP contribution is -2.25. The van der Waals surface area contributed by atoms with Crippen LogP contribution in [0.1, 0.15) is 53.6 Å². The summed E-state index contributed by atoms with van der Waals surface area (Å²) in [5.41, 5.74) is 3.15. The van der Waals surface area contributed by atoms with Crippen LogP contribution >= 0.6 is 0 Å². The number of fused-ring (bicyclic) bond motifs is 1. The Kier molecular flexibility index (Phi) is 6.58. The maximum Gasteiger partial charge on any atom is 0.252 e. The minimum absolute atomic E-state index is 0.00349. The Morgan fingerprint density at radius 3 is 2.60 bits per heavy atom. The highest BCUT2D eigenvalue weighted by molar-refractivity contribution is 5.98. The van der Waals surface area contributed by atoms with Crippen molar-refractivity contribution in [3.05, 3.63) is 59.2 Å². The summed E-state index contributed by atoms with van der Waals surface area (Å²) in [5, 5.41) is 2.87. The first-order valence-corrected chi connectivity index (χ1v) is 11.1. The van der Waals surface area contributed by atoms with E-state index in [1.165, 1.54) is 12.0 Å². The molecule has 2 aliphatic rings. The third-order valence-electron chi connectivity index (χ3n) is 6.45. The molecule has 2 heterocycles. The number of methoxy groups -OCH3 is 1. The van der Waals surface area contributed by atoms with Crippen LogP contribution in [0.25, 0.3) is 0 Å². The average Bonchev–Trinajstić information content (AvgIpc) is 3.02. The van der Waals surface area contributed by atoms with Gasteiger partial charge in [-0.3, -0.25) is 4.79 Å². The van der Waals surface area contributed by atoms with E-state index >= 15 is 0 Å². The number of hydrogen-bond acceptors (Lipinski definition) is 4. The van der Waals surface area contributed by atoms with Crippen molar-refractivity contribution in [3.8, 4) is 11.5 Å². The van der Waals surface area contributed by atoms with Crippen LogP contribution in [0, 0.1) is 5.92 Å². The first-order chi connectivity index (χ1) is 14.7. The second kappa shape index (κ2) is 9.52. The van der Waals surface area contributed by atoms with Crippen LogP contribution in [0.4, 0.5) is 0 Å². The number of amides is 1. The molecule has 0 spiro atoms. The molecule has 0 saturated carbocycles. The maximum absolute atomic E-state index is 12.0. The molecule has 2 aromatic carbocycles. The minimum Gasteiger partial charge on any atom is -0.497 e. The Labute approximate surface area is 179 Å². The van der Waals surface area contributed by atoms with E-state index in [2.05, 4.69) is 41.4 Å². The Morgan fingerprint density at radius 2 is 1.83 bits per heavy atom. The predicted octanol–water partition coefficient (Wildman–Crippen LogP) is 4.22. The van der Waals surface area contributed by atoms with Crippen LogP contribution in [-0.4, -0.2) is 44.2 Å². The van der Waals surface area contributed by atoms with Gasteiger partial charge in [-0.05, 0) is 80.2 Å². The van der Waals surface area contributed by atoms with E-state index in [-0.39, 0.29) is 5.91 Å². The molecule has 1 amide bonds. The third kappa shape index (κ3) is 4.62. The molecule has 0 radical (unpaired) electrons. The van der Waals surface area contributed by atoms with Gasteiger partial charge in [0.2, 0.25) is 0 Å². The van der Waals surface area contributed by atoms with Crippen molar-refractivity contribution in [1.29, 1.82) is 0 Å². The molecule has 2 unspecified atom stereocenters. The molecule has 2 aliphatic heterocycles. The van der Waals surface area contributed by atoms with Crippen molar-refractivity contribution < 1.29 is 14.3 Å². The summed E-state index contributed by atoms with van der Waals surface area (Å²) in [4.78, 5) is 14.6. The van der Waals surface area contributed by atoms with Crippen molar-refractivity contribution in [2.75, 3.05) is 33.4 Å². The van der Waals surface area contributed by atoms with Gasteiger partial charge in [0.05, 0.1) is 13.7 Å². The van der Waals surface area contributed by atoms with Crippen molar-refractivity contribution in [2.24, 2.45) is 5.92 Å². The van der Waals surface area contributed by atoms with Crippen LogP contribution in [0.2, 0.25) is 0 Å². The van der Waals surface area contributed by atoms with Gasteiger partial charge in [0.1, 0.15) is 11.5 Å². The smallest absolute Gasteiger partial charge is 0.252 e. The van der Waals surface area contributed by atoms with E-state index < -0.39 is 0 Å². The van der Waals surface area contributed by atoms with E-state index in [9.17, 15) is 4.79 Å². The summed E-state index contributed by atoms with van der Waals surface area (Å²) >= 11 is 0. The highest BCUT2D eigenvalue weighted by Gasteiger charge is 2.28. The number of nitrogens with zero attached hydrogens (tertiary/aromatic N) is 1. The van der Waals surface area contributed by atoms with Crippen LogP contribution < -0.4 is 14.8 Å². The van der Waals surface area contributed by atoms with Crippen molar-refractivity contribution >= 4 is 5.91 Å². The van der Waals surface area contributed by atoms with Gasteiger partial charge in [0.25, 0.3) is 5.91 Å². The molecular weight excluding hydrogens is 376 g/mol. The van der Waals surface area contributed by atoms with Gasteiger partial charge < -0.3 is 19.7 Å². The van der Waals surface area contributed by atoms with E-state index in [0.717, 1.165) is 55.1 Å². The number of carbonyl (C=O) groups is 1. The maximum atomic E-state index is 12.0. The standard InChI is InChI=1S/C25H32N2O3/c1-3-12-27-13-10-20(23(11-14-27)18-4-7-21(29-2)8-5-18)17-30-22-9-6-19-16-26-25(28)24(19)15-22/h4-9,15,20,23H,3,10-14,16-17H2,1-2H3,(H,26,28). The number of carbonyl (C=O) groups excluding carboxylic acids is 1. The Bertz CT molecular complexity index is 865. The van der Waals surface area contributed by atoms with Crippen molar-refractivity contribution in [1.82, 2.24) is 10.2 Å². The van der Waals surface area contributed by atoms with Gasteiger partial charge in [-0.2, -0.15) is 0 Å². The van der Waals surface area contributed by atoms with Gasteiger partial charge in [0, 0.05) is 18.0 Å². The first-order valence-electron chi connectivity index (χ1n) is 11.1. The van der Waals surface area contributed by atoms with Crippen molar-refractivity contribution in [3.63, 3.8) is 0 Å². The number of hydrogen-bond donors (Lipinski definition) is 1. The SMILES string of the molecule is CCCN1CCC(COc2ccc3c(c2)C(=O)NC3)C(c2ccc(OC)cc2)CC1. The largest absolute Gasteiger partial charge is 0.497 e. The molecule has 5 nitrogen and oxygen atoms in total. The summed E-state index contributed by atoms with van der Waals surface area (Å²) in [6.45, 7) is 6.92.